The molecule has 4 aromatic carbocycles. The summed E-state index contributed by atoms with van der Waals surface area (Å²) in [6.07, 6.45) is 6.50. The molecule has 1 aliphatic carbocycles. The normalized spacial score (nSPS) is 14.6. The Kier molecular flexibility index (Phi) is 9.12. The summed E-state index contributed by atoms with van der Waals surface area (Å²) in [5.74, 6) is -1.04. The average Bonchev–Trinajstić information content (AvgIpc) is 3.50. The van der Waals surface area contributed by atoms with Crippen LogP contribution in [0.4, 0.5) is 11.4 Å². The number of nitrogens with zero attached hydrogens (tertiary/aromatic N) is 1. The van der Waals surface area contributed by atoms with E-state index >= 15 is 0 Å². The fourth-order valence-electron chi connectivity index (χ4n) is 8.14. The number of unbranched alkanes of at least 4 members (excludes halogenated alkanes) is 2. The largest absolute Gasteiger partial charge is 0.468 e. The maximum atomic E-state index is 13.4. The van der Waals surface area contributed by atoms with Gasteiger partial charge in [-0.2, -0.15) is 0 Å². The number of esters is 2. The summed E-state index contributed by atoms with van der Waals surface area (Å²) < 4.78 is 10.6. The van der Waals surface area contributed by atoms with Crippen molar-refractivity contribution in [3.05, 3.63) is 100 Å². The van der Waals surface area contributed by atoms with E-state index in [0.717, 1.165) is 61.9 Å². The van der Waals surface area contributed by atoms with E-state index in [1.807, 2.05) is 0 Å². The SMILES string of the molecule is CCCCCc1c(CC)c2c(c(CC)c1B1Nc3cccc4cccc(c34)N1Cc1ccccc1)CC(C(=O)OC)(C(=O)OC)C2. The molecule has 1 aliphatic heterocycles. The lowest BCUT2D eigenvalue weighted by Crippen LogP contribution is -2.58. The first kappa shape index (κ1) is 31.7. The zero-order chi connectivity index (χ0) is 32.4. The van der Waals surface area contributed by atoms with Crippen LogP contribution in [0.5, 0.6) is 0 Å². The molecule has 0 bridgehead atoms. The van der Waals surface area contributed by atoms with Gasteiger partial charge in [-0.05, 0) is 82.0 Å². The van der Waals surface area contributed by atoms with E-state index in [9.17, 15) is 9.59 Å². The quantitative estimate of drug-likeness (QED) is 0.0851. The molecule has 46 heavy (non-hydrogen) atoms. The maximum Gasteiger partial charge on any atom is 0.409 e. The molecule has 0 saturated carbocycles. The molecule has 0 amide bonds. The van der Waals surface area contributed by atoms with E-state index in [-0.39, 0.29) is 13.4 Å². The lowest BCUT2D eigenvalue weighted by molar-refractivity contribution is -0.168. The van der Waals surface area contributed by atoms with Gasteiger partial charge in [-0.3, -0.25) is 9.59 Å². The van der Waals surface area contributed by atoms with Crippen LogP contribution >= 0.6 is 0 Å². The third-order valence-corrected chi connectivity index (χ3v) is 10.2. The molecule has 0 aromatic heterocycles. The highest BCUT2D eigenvalue weighted by molar-refractivity contribution is 6.81. The number of fused-ring (bicyclic) bond motifs is 1. The second kappa shape index (κ2) is 13.2. The van der Waals surface area contributed by atoms with Gasteiger partial charge in [0.15, 0.2) is 5.41 Å². The predicted octanol–water partition coefficient (Wildman–Crippen LogP) is 6.96. The van der Waals surface area contributed by atoms with E-state index in [4.69, 9.17) is 9.47 Å². The van der Waals surface area contributed by atoms with Gasteiger partial charge < -0.3 is 19.5 Å². The van der Waals surface area contributed by atoms with Crippen molar-refractivity contribution in [3.63, 3.8) is 0 Å². The molecular weight excluding hydrogens is 571 g/mol. The van der Waals surface area contributed by atoms with E-state index in [1.54, 1.807) is 0 Å². The first-order chi connectivity index (χ1) is 22.4. The summed E-state index contributed by atoms with van der Waals surface area (Å²) in [4.78, 5) is 29.4. The van der Waals surface area contributed by atoms with Crippen LogP contribution in [0.3, 0.4) is 0 Å². The van der Waals surface area contributed by atoms with Crippen molar-refractivity contribution >= 4 is 46.5 Å². The summed E-state index contributed by atoms with van der Waals surface area (Å²) in [6.45, 7) is 7.24. The summed E-state index contributed by atoms with van der Waals surface area (Å²) in [7, 11) is 2.73. The van der Waals surface area contributed by atoms with Gasteiger partial charge in [0.25, 0.3) is 0 Å². The maximum absolute atomic E-state index is 13.4. The van der Waals surface area contributed by atoms with E-state index in [0.29, 0.717) is 6.42 Å². The Hall–Kier alpha value is -4.26. The number of hydrogen-bond donors (Lipinski definition) is 1. The van der Waals surface area contributed by atoms with Gasteiger partial charge in [-0.1, -0.05) is 88.2 Å². The van der Waals surface area contributed by atoms with E-state index in [1.165, 1.54) is 58.4 Å². The highest BCUT2D eigenvalue weighted by Gasteiger charge is 2.54. The minimum Gasteiger partial charge on any atom is -0.468 e. The van der Waals surface area contributed by atoms with Gasteiger partial charge in [-0.15, -0.1) is 0 Å². The molecule has 6 rings (SSSR count). The zero-order valence-electron chi connectivity index (χ0n) is 27.9. The smallest absolute Gasteiger partial charge is 0.409 e. The Labute approximate surface area is 273 Å². The zero-order valence-corrected chi connectivity index (χ0v) is 27.9. The van der Waals surface area contributed by atoms with Crippen LogP contribution < -0.4 is 15.5 Å². The molecule has 1 heterocycles. The lowest BCUT2D eigenvalue weighted by Gasteiger charge is -2.40. The van der Waals surface area contributed by atoms with Gasteiger partial charge in [-0.25, -0.2) is 0 Å². The number of rotatable bonds is 11. The highest BCUT2D eigenvalue weighted by Crippen LogP contribution is 2.45. The van der Waals surface area contributed by atoms with Crippen LogP contribution in [0, 0.1) is 5.41 Å². The molecule has 238 valence electrons. The minimum atomic E-state index is -1.37. The molecule has 0 saturated heterocycles. The number of ether oxygens (including phenoxy) is 2. The number of nitrogens with one attached hydrogen (secondary N) is 1. The monoisotopic (exact) mass is 616 g/mol. The summed E-state index contributed by atoms with van der Waals surface area (Å²) >= 11 is 0. The molecule has 1 N–H and O–H groups in total. The van der Waals surface area contributed by atoms with Crippen molar-refractivity contribution < 1.29 is 19.1 Å². The number of benzene rings is 4. The second-order valence-electron chi connectivity index (χ2n) is 12.7. The number of anilines is 2. The van der Waals surface area contributed by atoms with Gasteiger partial charge in [0, 0.05) is 36.1 Å². The number of hydrogen-bond acceptors (Lipinski definition) is 6. The fourth-order valence-corrected chi connectivity index (χ4v) is 8.14. The van der Waals surface area contributed by atoms with Crippen molar-refractivity contribution in [1.82, 2.24) is 0 Å². The van der Waals surface area contributed by atoms with Crippen LogP contribution in [0.2, 0.25) is 0 Å². The highest BCUT2D eigenvalue weighted by atomic mass is 16.5. The standard InChI is InChI=1S/C39H45BN2O4/c1-6-9-11-20-30-28(7-2)31-23-39(37(43)45-4,38(44)46-5)24-32(31)29(8-3)36(30)40-41-33-21-14-18-27-19-15-22-34(35(27)33)42(40)25-26-16-12-10-13-17-26/h10,12-19,21-22,41H,6-9,11,20,23-25H2,1-5H3. The Balaban J connectivity index is 1.62. The van der Waals surface area contributed by atoms with E-state index < -0.39 is 17.4 Å². The van der Waals surface area contributed by atoms with E-state index in [2.05, 4.69) is 97.5 Å². The summed E-state index contributed by atoms with van der Waals surface area (Å²) in [6, 6.07) is 23.8. The Morgan fingerprint density at radius 1 is 0.804 bits per heavy atom. The molecule has 0 spiro atoms. The topological polar surface area (TPSA) is 67.9 Å². The summed E-state index contributed by atoms with van der Waals surface area (Å²) in [5, 5.41) is 6.47. The number of carbonyl (C=O) groups excluding carboxylic acids is 2. The number of carbonyl (C=O) groups is 2. The van der Waals surface area contributed by atoms with Gasteiger partial charge >= 0.3 is 18.9 Å². The van der Waals surface area contributed by atoms with Gasteiger partial charge in [0.05, 0.1) is 14.2 Å². The molecule has 4 aromatic rings. The Bertz CT molecular complexity index is 1750. The van der Waals surface area contributed by atoms with Crippen LogP contribution in [0.1, 0.15) is 73.4 Å². The second-order valence-corrected chi connectivity index (χ2v) is 12.7. The number of methoxy groups -OCH3 is 2. The van der Waals surface area contributed by atoms with Crippen LogP contribution in [0.25, 0.3) is 10.8 Å². The lowest BCUT2D eigenvalue weighted by atomic mass is 9.57. The Morgan fingerprint density at radius 2 is 1.46 bits per heavy atom. The van der Waals surface area contributed by atoms with Crippen LogP contribution in [-0.4, -0.2) is 33.1 Å². The molecule has 6 nitrogen and oxygen atoms in total. The van der Waals surface area contributed by atoms with Gasteiger partial charge in [0.1, 0.15) is 0 Å². The first-order valence-corrected chi connectivity index (χ1v) is 16.9. The fraction of sp³-hybridized carbons (Fsp3) is 0.385. The molecule has 7 heteroatoms. The summed E-state index contributed by atoms with van der Waals surface area (Å²) in [5.41, 5.74) is 9.61. The molecule has 0 unspecified atom stereocenters. The molecule has 0 radical (unpaired) electrons. The van der Waals surface area contributed by atoms with Crippen molar-refractivity contribution in [2.75, 3.05) is 24.3 Å². The van der Waals surface area contributed by atoms with Crippen molar-refractivity contribution in [2.24, 2.45) is 5.41 Å². The predicted molar refractivity (Wildman–Crippen MR) is 188 cm³/mol. The molecule has 2 aliphatic rings. The molecule has 0 fully saturated rings. The molecular formula is C39H45BN2O4. The van der Waals surface area contributed by atoms with Crippen molar-refractivity contribution in [1.29, 1.82) is 0 Å². The van der Waals surface area contributed by atoms with Crippen molar-refractivity contribution in [3.8, 4) is 0 Å². The average molecular weight is 617 g/mol. The first-order valence-electron chi connectivity index (χ1n) is 16.9. The van der Waals surface area contributed by atoms with Crippen LogP contribution in [-0.2, 0) is 57.7 Å². The van der Waals surface area contributed by atoms with Crippen LogP contribution in [0.15, 0.2) is 66.7 Å². The molecule has 0 atom stereocenters. The minimum absolute atomic E-state index is 0.144. The van der Waals surface area contributed by atoms with Crippen molar-refractivity contribution in [2.45, 2.75) is 78.7 Å². The third-order valence-electron chi connectivity index (χ3n) is 10.2. The third kappa shape index (κ3) is 5.24. The Morgan fingerprint density at radius 3 is 2.09 bits per heavy atom. The van der Waals surface area contributed by atoms with Gasteiger partial charge in [0.2, 0.25) is 0 Å².